The first-order valence-electron chi connectivity index (χ1n) is 6.12. The molecule has 1 atom stereocenters. The smallest absolute Gasteiger partial charge is 0.262 e. The summed E-state index contributed by atoms with van der Waals surface area (Å²) in [5.41, 5.74) is 1.02. The van der Waals surface area contributed by atoms with E-state index in [0.717, 1.165) is 0 Å². The van der Waals surface area contributed by atoms with Gasteiger partial charge in [-0.25, -0.2) is 8.60 Å². The molecule has 0 fully saturated rings. The van der Waals surface area contributed by atoms with E-state index in [0.29, 0.717) is 22.0 Å². The van der Waals surface area contributed by atoms with Gasteiger partial charge >= 0.3 is 0 Å². The van der Waals surface area contributed by atoms with Gasteiger partial charge in [-0.3, -0.25) is 4.79 Å². The van der Waals surface area contributed by atoms with Gasteiger partial charge in [-0.15, -0.1) is 0 Å². The Morgan fingerprint density at radius 2 is 1.95 bits per heavy atom. The van der Waals surface area contributed by atoms with E-state index >= 15 is 0 Å². The highest BCUT2D eigenvalue weighted by Crippen LogP contribution is 2.29. The number of hydrogen-bond donors (Lipinski definition) is 2. The molecule has 0 saturated carbocycles. The van der Waals surface area contributed by atoms with Crippen molar-refractivity contribution in [3.8, 4) is 5.75 Å². The van der Waals surface area contributed by atoms with Crippen molar-refractivity contribution in [2.45, 2.75) is 4.90 Å². The van der Waals surface area contributed by atoms with Crippen molar-refractivity contribution >= 4 is 28.3 Å². The maximum atomic E-state index is 12.8. The third kappa shape index (κ3) is 3.03. The van der Waals surface area contributed by atoms with E-state index in [9.17, 15) is 13.4 Å². The van der Waals surface area contributed by atoms with Crippen LogP contribution in [0.2, 0.25) is 0 Å². The Hall–Kier alpha value is -2.41. The van der Waals surface area contributed by atoms with Crippen LogP contribution in [0.25, 0.3) is 0 Å². The van der Waals surface area contributed by atoms with Crippen LogP contribution >= 0.6 is 0 Å². The number of hydrogen-bond acceptors (Lipinski definition) is 3. The average Bonchev–Trinajstić information content (AvgIpc) is 2.48. The van der Waals surface area contributed by atoms with Gasteiger partial charge < -0.3 is 14.8 Å². The molecule has 7 heteroatoms. The fraction of sp³-hybridized carbons (Fsp3) is 0.0714. The van der Waals surface area contributed by atoms with E-state index in [1.165, 1.54) is 24.3 Å². The van der Waals surface area contributed by atoms with E-state index in [4.69, 9.17) is 4.74 Å². The minimum atomic E-state index is -1.53. The van der Waals surface area contributed by atoms with Crippen LogP contribution in [-0.4, -0.2) is 16.7 Å². The highest BCUT2D eigenvalue weighted by Gasteiger charge is 2.17. The summed E-state index contributed by atoms with van der Waals surface area (Å²) in [6, 6.07) is 10.4. The zero-order chi connectivity index (χ0) is 14.8. The molecule has 0 aliphatic carbocycles. The Bertz CT molecular complexity index is 719. The summed E-state index contributed by atoms with van der Waals surface area (Å²) in [7, 11) is -1.53. The number of halogens is 1. The standard InChI is InChI=1S/C14H11FN2O3S/c15-9-1-3-10(4-2-9)17-21(19)11-5-6-13-12(7-11)16-14(18)8-20-13/h1-7,17H,8H2,(H,16,18). The quantitative estimate of drug-likeness (QED) is 0.914. The molecule has 2 N–H and O–H groups in total. The molecular weight excluding hydrogens is 295 g/mol. The lowest BCUT2D eigenvalue weighted by molar-refractivity contribution is -0.118. The number of anilines is 2. The Kier molecular flexibility index (Phi) is 3.57. The third-order valence-corrected chi connectivity index (χ3v) is 3.96. The maximum absolute atomic E-state index is 12.8. The first kappa shape index (κ1) is 13.6. The van der Waals surface area contributed by atoms with Crippen molar-refractivity contribution in [3.05, 3.63) is 48.3 Å². The van der Waals surface area contributed by atoms with Crippen molar-refractivity contribution in [2.24, 2.45) is 0 Å². The Morgan fingerprint density at radius 3 is 2.71 bits per heavy atom. The summed E-state index contributed by atoms with van der Waals surface area (Å²) in [6.07, 6.45) is 0. The monoisotopic (exact) mass is 306 g/mol. The van der Waals surface area contributed by atoms with Crippen LogP contribution < -0.4 is 14.8 Å². The number of benzene rings is 2. The molecule has 0 bridgehead atoms. The lowest BCUT2D eigenvalue weighted by atomic mass is 10.2. The minimum absolute atomic E-state index is 0.0245. The van der Waals surface area contributed by atoms with Crippen molar-refractivity contribution in [1.29, 1.82) is 0 Å². The van der Waals surface area contributed by atoms with Gasteiger partial charge in [0.2, 0.25) is 0 Å². The molecule has 0 saturated heterocycles. The summed E-state index contributed by atoms with van der Waals surface area (Å²) >= 11 is 0. The molecule has 1 heterocycles. The molecule has 2 aromatic rings. The van der Waals surface area contributed by atoms with Crippen LogP contribution in [0.3, 0.4) is 0 Å². The topological polar surface area (TPSA) is 67.4 Å². The number of ether oxygens (including phenoxy) is 1. The number of amides is 1. The molecule has 108 valence electrons. The van der Waals surface area contributed by atoms with Gasteiger partial charge in [-0.1, -0.05) is 0 Å². The maximum Gasteiger partial charge on any atom is 0.262 e. The van der Waals surface area contributed by atoms with Crippen LogP contribution in [0.15, 0.2) is 47.4 Å². The highest BCUT2D eigenvalue weighted by atomic mass is 32.2. The first-order valence-corrected chi connectivity index (χ1v) is 7.27. The predicted octanol–water partition coefficient (Wildman–Crippen LogP) is 2.29. The molecule has 1 amide bonds. The molecule has 1 aliphatic heterocycles. The summed E-state index contributed by atoms with van der Waals surface area (Å²) < 4.78 is 33.0. The van der Waals surface area contributed by atoms with Gasteiger partial charge in [0.1, 0.15) is 22.6 Å². The highest BCUT2D eigenvalue weighted by molar-refractivity contribution is 7.86. The van der Waals surface area contributed by atoms with Crippen molar-refractivity contribution in [1.82, 2.24) is 0 Å². The fourth-order valence-electron chi connectivity index (χ4n) is 1.86. The molecular formula is C14H11FN2O3S. The summed E-state index contributed by atoms with van der Waals surface area (Å²) in [4.78, 5) is 11.7. The summed E-state index contributed by atoms with van der Waals surface area (Å²) in [5, 5.41) is 2.65. The summed E-state index contributed by atoms with van der Waals surface area (Å²) in [5.74, 6) is -0.0750. The molecule has 5 nitrogen and oxygen atoms in total. The number of rotatable bonds is 3. The van der Waals surface area contributed by atoms with E-state index in [1.807, 2.05) is 0 Å². The second-order valence-electron chi connectivity index (χ2n) is 4.37. The van der Waals surface area contributed by atoms with Gasteiger partial charge in [0.05, 0.1) is 10.6 Å². The van der Waals surface area contributed by atoms with Gasteiger partial charge in [0, 0.05) is 5.69 Å². The molecule has 3 rings (SSSR count). The number of carbonyl (C=O) groups is 1. The van der Waals surface area contributed by atoms with E-state index in [-0.39, 0.29) is 18.3 Å². The fourth-order valence-corrected chi connectivity index (χ4v) is 2.75. The molecule has 1 unspecified atom stereocenters. The third-order valence-electron chi connectivity index (χ3n) is 2.85. The molecule has 1 aliphatic rings. The molecule has 0 aromatic heterocycles. The van der Waals surface area contributed by atoms with Crippen molar-refractivity contribution in [3.63, 3.8) is 0 Å². The van der Waals surface area contributed by atoms with Gasteiger partial charge in [-0.05, 0) is 42.5 Å². The normalized spacial score (nSPS) is 14.6. The van der Waals surface area contributed by atoms with Crippen molar-refractivity contribution in [2.75, 3.05) is 16.6 Å². The second kappa shape index (κ2) is 5.53. The SMILES string of the molecule is O=C1COc2ccc(S(=O)Nc3ccc(F)cc3)cc2N1. The van der Waals surface area contributed by atoms with Gasteiger partial charge in [0.25, 0.3) is 5.91 Å². The Balaban J connectivity index is 1.80. The number of fused-ring (bicyclic) bond motifs is 1. The zero-order valence-corrected chi connectivity index (χ0v) is 11.6. The van der Waals surface area contributed by atoms with E-state index in [2.05, 4.69) is 10.0 Å². The van der Waals surface area contributed by atoms with Crippen LogP contribution in [0.5, 0.6) is 5.75 Å². The molecule has 21 heavy (non-hydrogen) atoms. The molecule has 0 radical (unpaired) electrons. The van der Waals surface area contributed by atoms with Crippen LogP contribution in [0, 0.1) is 5.82 Å². The van der Waals surface area contributed by atoms with Gasteiger partial charge in [-0.2, -0.15) is 0 Å². The lowest BCUT2D eigenvalue weighted by Gasteiger charge is -2.18. The minimum Gasteiger partial charge on any atom is -0.482 e. The van der Waals surface area contributed by atoms with Crippen LogP contribution in [-0.2, 0) is 15.8 Å². The van der Waals surface area contributed by atoms with Gasteiger partial charge in [0.15, 0.2) is 6.61 Å². The molecule has 0 spiro atoms. The van der Waals surface area contributed by atoms with E-state index in [1.54, 1.807) is 18.2 Å². The van der Waals surface area contributed by atoms with Crippen molar-refractivity contribution < 1.29 is 18.1 Å². The average molecular weight is 306 g/mol. The second-order valence-corrected chi connectivity index (χ2v) is 5.59. The number of nitrogens with one attached hydrogen (secondary N) is 2. The predicted molar refractivity (Wildman–Crippen MR) is 77.0 cm³/mol. The first-order chi connectivity index (χ1) is 10.1. The summed E-state index contributed by atoms with van der Waals surface area (Å²) in [6.45, 7) is -0.0245. The largest absolute Gasteiger partial charge is 0.482 e. The zero-order valence-electron chi connectivity index (χ0n) is 10.8. The van der Waals surface area contributed by atoms with E-state index < -0.39 is 11.0 Å². The van der Waals surface area contributed by atoms with Crippen LogP contribution in [0.4, 0.5) is 15.8 Å². The lowest BCUT2D eigenvalue weighted by Crippen LogP contribution is -2.25. The molecule has 2 aromatic carbocycles. The Labute approximate surface area is 122 Å². The number of carbonyl (C=O) groups excluding carboxylic acids is 1. The van der Waals surface area contributed by atoms with Crippen LogP contribution in [0.1, 0.15) is 0 Å². The Morgan fingerprint density at radius 1 is 1.19 bits per heavy atom.